The third-order valence-corrected chi connectivity index (χ3v) is 4.52. The molecule has 0 spiro atoms. The molecule has 0 radical (unpaired) electrons. The van der Waals surface area contributed by atoms with E-state index in [1.54, 1.807) is 13.0 Å². The molecular weight excluding hydrogens is 375 g/mol. The van der Waals surface area contributed by atoms with Gasteiger partial charge in [0, 0.05) is 11.8 Å². The van der Waals surface area contributed by atoms with Crippen molar-refractivity contribution in [2.45, 2.75) is 19.6 Å². The Hall–Kier alpha value is -3.68. The van der Waals surface area contributed by atoms with Gasteiger partial charge in [-0.1, -0.05) is 30.3 Å². The molecule has 2 heterocycles. The van der Waals surface area contributed by atoms with Crippen LogP contribution in [0, 0.1) is 5.82 Å². The molecule has 1 aromatic heterocycles. The molecule has 1 aliphatic rings. The molecule has 0 bridgehead atoms. The van der Waals surface area contributed by atoms with Crippen LogP contribution in [-0.4, -0.2) is 28.5 Å². The molecule has 0 saturated carbocycles. The number of benzene rings is 2. The highest BCUT2D eigenvalue weighted by atomic mass is 19.1. The minimum Gasteiger partial charge on any atom is -0.486 e. The average Bonchev–Trinajstić information content (AvgIpc) is 2.84. The molecule has 1 aliphatic heterocycles. The number of fused-ring (bicyclic) bond motifs is 1. The standard InChI is InChI=1S/C21H19FN4O3/c1-13-10-26(21(27)18-19(23)24-12-25-20(18)29-13)15-7-8-17(16(22)9-15)28-11-14-5-3-2-4-6-14/h2-9,12-13H,10-11H2,1H3,(H2,23,24,25). The van der Waals surface area contributed by atoms with Crippen LogP contribution in [0.5, 0.6) is 11.6 Å². The van der Waals surface area contributed by atoms with Gasteiger partial charge in [-0.3, -0.25) is 4.79 Å². The Morgan fingerprint density at radius 2 is 2.03 bits per heavy atom. The molecular formula is C21H19FN4O3. The molecule has 1 atom stereocenters. The van der Waals surface area contributed by atoms with Crippen molar-refractivity contribution in [3.05, 3.63) is 71.8 Å². The number of anilines is 2. The van der Waals surface area contributed by atoms with Crippen LogP contribution in [0.2, 0.25) is 0 Å². The molecule has 2 aromatic carbocycles. The first-order valence-electron chi connectivity index (χ1n) is 9.08. The molecule has 1 amide bonds. The maximum Gasteiger partial charge on any atom is 0.267 e. The average molecular weight is 394 g/mol. The third-order valence-electron chi connectivity index (χ3n) is 4.52. The molecule has 3 aromatic rings. The zero-order valence-electron chi connectivity index (χ0n) is 15.7. The second-order valence-electron chi connectivity index (χ2n) is 6.67. The number of nitrogens with two attached hydrogens (primary N) is 1. The lowest BCUT2D eigenvalue weighted by Crippen LogP contribution is -2.36. The summed E-state index contributed by atoms with van der Waals surface area (Å²) in [5, 5.41) is 0. The number of nitrogens with zero attached hydrogens (tertiary/aromatic N) is 3. The number of hydrogen-bond acceptors (Lipinski definition) is 6. The number of halogens is 1. The topological polar surface area (TPSA) is 90.6 Å². The van der Waals surface area contributed by atoms with E-state index in [0.29, 0.717) is 5.69 Å². The van der Waals surface area contributed by atoms with Gasteiger partial charge in [0.1, 0.15) is 30.4 Å². The molecule has 29 heavy (non-hydrogen) atoms. The second kappa shape index (κ2) is 7.75. The first kappa shape index (κ1) is 18.7. The molecule has 0 saturated heterocycles. The fraction of sp³-hybridized carbons (Fsp3) is 0.190. The number of amides is 1. The fourth-order valence-electron chi connectivity index (χ4n) is 3.11. The van der Waals surface area contributed by atoms with Crippen LogP contribution in [0.4, 0.5) is 15.9 Å². The summed E-state index contributed by atoms with van der Waals surface area (Å²) in [4.78, 5) is 22.3. The van der Waals surface area contributed by atoms with Crippen LogP contribution < -0.4 is 20.1 Å². The predicted molar refractivity (Wildman–Crippen MR) is 105 cm³/mol. The molecule has 0 aliphatic carbocycles. The monoisotopic (exact) mass is 394 g/mol. The molecule has 0 fully saturated rings. The molecule has 7 nitrogen and oxygen atoms in total. The molecule has 1 unspecified atom stereocenters. The Labute approximate surface area is 166 Å². The van der Waals surface area contributed by atoms with Crippen molar-refractivity contribution in [1.29, 1.82) is 0 Å². The van der Waals surface area contributed by atoms with E-state index in [4.69, 9.17) is 15.2 Å². The Balaban J connectivity index is 1.60. The van der Waals surface area contributed by atoms with E-state index in [2.05, 4.69) is 9.97 Å². The molecule has 2 N–H and O–H groups in total. The van der Waals surface area contributed by atoms with E-state index < -0.39 is 11.7 Å². The van der Waals surface area contributed by atoms with Crippen LogP contribution in [0.25, 0.3) is 0 Å². The van der Waals surface area contributed by atoms with Gasteiger partial charge in [0.25, 0.3) is 5.91 Å². The highest BCUT2D eigenvalue weighted by Gasteiger charge is 2.31. The van der Waals surface area contributed by atoms with Crippen molar-refractivity contribution >= 4 is 17.4 Å². The number of rotatable bonds is 4. The summed E-state index contributed by atoms with van der Waals surface area (Å²) < 4.78 is 25.9. The summed E-state index contributed by atoms with van der Waals surface area (Å²) in [6.07, 6.45) is 0.870. The minimum atomic E-state index is -0.568. The van der Waals surface area contributed by atoms with E-state index in [9.17, 15) is 9.18 Å². The summed E-state index contributed by atoms with van der Waals surface area (Å²) in [5.41, 5.74) is 7.23. The zero-order chi connectivity index (χ0) is 20.4. The number of nitrogen functional groups attached to an aromatic ring is 1. The maximum atomic E-state index is 14.7. The third kappa shape index (κ3) is 3.82. The summed E-state index contributed by atoms with van der Waals surface area (Å²) in [7, 11) is 0. The van der Waals surface area contributed by atoms with Crippen molar-refractivity contribution in [3.8, 4) is 11.6 Å². The van der Waals surface area contributed by atoms with E-state index in [-0.39, 0.29) is 42.3 Å². The van der Waals surface area contributed by atoms with Gasteiger partial charge in [0.15, 0.2) is 11.6 Å². The Kier molecular flexibility index (Phi) is 4.99. The van der Waals surface area contributed by atoms with Crippen molar-refractivity contribution < 1.29 is 18.7 Å². The zero-order valence-corrected chi connectivity index (χ0v) is 15.7. The highest BCUT2D eigenvalue weighted by molar-refractivity contribution is 6.10. The SMILES string of the molecule is CC1CN(c2ccc(OCc3ccccc3)c(F)c2)C(=O)c2c(N)ncnc2O1. The number of hydrogen-bond donors (Lipinski definition) is 1. The van der Waals surface area contributed by atoms with Crippen LogP contribution >= 0.6 is 0 Å². The van der Waals surface area contributed by atoms with Crippen LogP contribution in [0.1, 0.15) is 22.8 Å². The van der Waals surface area contributed by atoms with Gasteiger partial charge in [0.2, 0.25) is 5.88 Å². The normalized spacial score (nSPS) is 16.0. The first-order chi connectivity index (χ1) is 14.0. The first-order valence-corrected chi connectivity index (χ1v) is 9.08. The van der Waals surface area contributed by atoms with Crippen LogP contribution in [-0.2, 0) is 6.61 Å². The van der Waals surface area contributed by atoms with Crippen LogP contribution in [0.3, 0.4) is 0 Å². The van der Waals surface area contributed by atoms with E-state index in [1.807, 2.05) is 30.3 Å². The minimum absolute atomic E-state index is 0.0161. The highest BCUT2D eigenvalue weighted by Crippen LogP contribution is 2.31. The van der Waals surface area contributed by atoms with Crippen molar-refractivity contribution in [3.63, 3.8) is 0 Å². The van der Waals surface area contributed by atoms with Gasteiger partial charge >= 0.3 is 0 Å². The summed E-state index contributed by atoms with van der Waals surface area (Å²) in [6, 6.07) is 13.9. The number of carbonyl (C=O) groups excluding carboxylic acids is 1. The van der Waals surface area contributed by atoms with E-state index in [1.165, 1.54) is 23.4 Å². The number of ether oxygens (including phenoxy) is 2. The molecule has 148 valence electrons. The Morgan fingerprint density at radius 1 is 1.24 bits per heavy atom. The second-order valence-corrected chi connectivity index (χ2v) is 6.67. The number of aromatic nitrogens is 2. The van der Waals surface area contributed by atoms with E-state index in [0.717, 1.165) is 5.56 Å². The maximum absolute atomic E-state index is 14.7. The lowest BCUT2D eigenvalue weighted by atomic mass is 10.2. The summed E-state index contributed by atoms with van der Waals surface area (Å²) in [6.45, 7) is 2.24. The largest absolute Gasteiger partial charge is 0.486 e. The lowest BCUT2D eigenvalue weighted by molar-refractivity contribution is 0.0988. The molecule has 4 rings (SSSR count). The lowest BCUT2D eigenvalue weighted by Gasteiger charge is -2.23. The van der Waals surface area contributed by atoms with E-state index >= 15 is 0 Å². The fourth-order valence-corrected chi connectivity index (χ4v) is 3.11. The molecule has 8 heteroatoms. The van der Waals surface area contributed by atoms with Gasteiger partial charge in [-0.2, -0.15) is 0 Å². The summed E-state index contributed by atoms with van der Waals surface area (Å²) in [5.74, 6) is -0.767. The smallest absolute Gasteiger partial charge is 0.267 e. The van der Waals surface area contributed by atoms with Gasteiger partial charge in [-0.05, 0) is 24.6 Å². The van der Waals surface area contributed by atoms with Gasteiger partial charge in [0.05, 0.1) is 6.54 Å². The van der Waals surface area contributed by atoms with Gasteiger partial charge < -0.3 is 20.1 Å². The van der Waals surface area contributed by atoms with Crippen molar-refractivity contribution in [2.24, 2.45) is 0 Å². The van der Waals surface area contributed by atoms with Gasteiger partial charge in [-0.25, -0.2) is 14.4 Å². The Bertz CT molecular complexity index is 1050. The van der Waals surface area contributed by atoms with Crippen LogP contribution in [0.15, 0.2) is 54.9 Å². The summed E-state index contributed by atoms with van der Waals surface area (Å²) >= 11 is 0. The van der Waals surface area contributed by atoms with Crippen molar-refractivity contribution in [1.82, 2.24) is 9.97 Å². The Morgan fingerprint density at radius 3 is 2.79 bits per heavy atom. The van der Waals surface area contributed by atoms with Crippen molar-refractivity contribution in [2.75, 3.05) is 17.2 Å². The predicted octanol–water partition coefficient (Wildman–Crippen LogP) is 3.20. The quantitative estimate of drug-likeness (QED) is 0.731. The van der Waals surface area contributed by atoms with Gasteiger partial charge in [-0.15, -0.1) is 0 Å². The number of carbonyl (C=O) groups is 1.